The minimum Gasteiger partial charge on any atom is -0.389 e. The second kappa shape index (κ2) is 5.21. The quantitative estimate of drug-likeness (QED) is 0.817. The van der Waals surface area contributed by atoms with Gasteiger partial charge in [0.1, 0.15) is 0 Å². The molecule has 0 aromatic rings. The SMILES string of the molecule is CCC1CCCC(C#N)(C(C)(O)CC2CCC2)C1. The second-order valence-electron chi connectivity index (χ2n) is 6.84. The fraction of sp³-hybridized carbons (Fsp3) is 0.938. The normalized spacial score (nSPS) is 36.4. The summed E-state index contributed by atoms with van der Waals surface area (Å²) < 4.78 is 0. The van der Waals surface area contributed by atoms with E-state index >= 15 is 0 Å². The van der Waals surface area contributed by atoms with Crippen LogP contribution in [0.5, 0.6) is 0 Å². The lowest BCUT2D eigenvalue weighted by Crippen LogP contribution is -2.49. The Morgan fingerprint density at radius 3 is 2.44 bits per heavy atom. The van der Waals surface area contributed by atoms with Crippen LogP contribution in [-0.2, 0) is 0 Å². The largest absolute Gasteiger partial charge is 0.389 e. The van der Waals surface area contributed by atoms with Crippen LogP contribution in [0.3, 0.4) is 0 Å². The monoisotopic (exact) mass is 249 g/mol. The maximum atomic E-state index is 10.9. The molecular formula is C16H27NO. The third-order valence-electron chi connectivity index (χ3n) is 5.59. The van der Waals surface area contributed by atoms with Gasteiger partial charge in [0, 0.05) is 0 Å². The van der Waals surface area contributed by atoms with Crippen LogP contribution in [0, 0.1) is 28.6 Å². The van der Waals surface area contributed by atoms with E-state index in [4.69, 9.17) is 0 Å². The molecule has 2 heteroatoms. The summed E-state index contributed by atoms with van der Waals surface area (Å²) in [5.41, 5.74) is -1.28. The van der Waals surface area contributed by atoms with Crippen molar-refractivity contribution in [1.29, 1.82) is 5.26 Å². The minimum atomic E-state index is -0.791. The average Bonchev–Trinajstić information content (AvgIpc) is 2.33. The van der Waals surface area contributed by atoms with Gasteiger partial charge in [0.25, 0.3) is 0 Å². The predicted molar refractivity (Wildman–Crippen MR) is 72.9 cm³/mol. The van der Waals surface area contributed by atoms with Gasteiger partial charge >= 0.3 is 0 Å². The molecule has 0 amide bonds. The highest BCUT2D eigenvalue weighted by Gasteiger charge is 2.50. The van der Waals surface area contributed by atoms with Crippen molar-refractivity contribution in [2.45, 2.75) is 77.2 Å². The number of nitriles is 1. The lowest BCUT2D eigenvalue weighted by Gasteiger charge is -2.47. The zero-order valence-electron chi connectivity index (χ0n) is 11.9. The van der Waals surface area contributed by atoms with Gasteiger partial charge in [0.15, 0.2) is 0 Å². The zero-order valence-corrected chi connectivity index (χ0v) is 11.9. The number of hydrogen-bond donors (Lipinski definition) is 1. The van der Waals surface area contributed by atoms with Crippen LogP contribution in [0.4, 0.5) is 0 Å². The highest BCUT2D eigenvalue weighted by Crippen LogP contribution is 2.51. The molecule has 0 bridgehead atoms. The van der Waals surface area contributed by atoms with E-state index in [0.717, 1.165) is 32.1 Å². The summed E-state index contributed by atoms with van der Waals surface area (Å²) in [6, 6.07) is 2.53. The summed E-state index contributed by atoms with van der Waals surface area (Å²) in [6.07, 6.45) is 9.90. The molecule has 2 aliphatic carbocycles. The third-order valence-corrected chi connectivity index (χ3v) is 5.59. The van der Waals surface area contributed by atoms with E-state index in [9.17, 15) is 10.4 Å². The fourth-order valence-electron chi connectivity index (χ4n) is 3.90. The van der Waals surface area contributed by atoms with E-state index < -0.39 is 11.0 Å². The Bertz CT molecular complexity index is 326. The van der Waals surface area contributed by atoms with E-state index in [0.29, 0.717) is 11.8 Å². The van der Waals surface area contributed by atoms with Crippen molar-refractivity contribution in [3.05, 3.63) is 0 Å². The first-order valence-electron chi connectivity index (χ1n) is 7.66. The molecule has 0 spiro atoms. The molecule has 2 fully saturated rings. The molecule has 0 radical (unpaired) electrons. The van der Waals surface area contributed by atoms with Gasteiger partial charge in [-0.15, -0.1) is 0 Å². The standard InChI is InChI=1S/C16H27NO/c1-3-13-8-5-9-16(11-13,12-17)15(2,18)10-14-6-4-7-14/h13-14,18H,3-11H2,1-2H3. The Morgan fingerprint density at radius 1 is 1.28 bits per heavy atom. The molecule has 0 aromatic carbocycles. The van der Waals surface area contributed by atoms with Crippen LogP contribution in [-0.4, -0.2) is 10.7 Å². The van der Waals surface area contributed by atoms with E-state index in [2.05, 4.69) is 13.0 Å². The third kappa shape index (κ3) is 2.43. The minimum absolute atomic E-state index is 0.485. The maximum Gasteiger partial charge on any atom is 0.0860 e. The molecule has 0 heterocycles. The summed E-state index contributed by atoms with van der Waals surface area (Å²) in [5.74, 6) is 1.29. The number of rotatable bonds is 4. The van der Waals surface area contributed by atoms with Gasteiger partial charge in [-0.3, -0.25) is 0 Å². The van der Waals surface area contributed by atoms with Gasteiger partial charge < -0.3 is 5.11 Å². The van der Waals surface area contributed by atoms with E-state index in [1.807, 2.05) is 6.92 Å². The van der Waals surface area contributed by atoms with Crippen molar-refractivity contribution in [1.82, 2.24) is 0 Å². The first kappa shape index (κ1) is 13.9. The molecule has 0 aliphatic heterocycles. The van der Waals surface area contributed by atoms with E-state index in [1.165, 1.54) is 25.7 Å². The number of hydrogen-bond acceptors (Lipinski definition) is 2. The van der Waals surface area contributed by atoms with E-state index in [1.54, 1.807) is 0 Å². The summed E-state index contributed by atoms with van der Waals surface area (Å²) in [7, 11) is 0. The van der Waals surface area contributed by atoms with Crippen molar-refractivity contribution in [2.75, 3.05) is 0 Å². The topological polar surface area (TPSA) is 44.0 Å². The first-order valence-corrected chi connectivity index (χ1v) is 7.66. The number of nitrogens with zero attached hydrogens (tertiary/aromatic N) is 1. The summed E-state index contributed by atoms with van der Waals surface area (Å²) >= 11 is 0. The van der Waals surface area contributed by atoms with Crippen LogP contribution in [0.25, 0.3) is 0 Å². The van der Waals surface area contributed by atoms with Gasteiger partial charge in [0.05, 0.1) is 17.1 Å². The summed E-state index contributed by atoms with van der Waals surface area (Å²) in [6.45, 7) is 4.13. The molecule has 2 rings (SSSR count). The summed E-state index contributed by atoms with van der Waals surface area (Å²) in [4.78, 5) is 0. The molecular weight excluding hydrogens is 222 g/mol. The maximum absolute atomic E-state index is 10.9. The second-order valence-corrected chi connectivity index (χ2v) is 6.84. The van der Waals surface area contributed by atoms with E-state index in [-0.39, 0.29) is 0 Å². The molecule has 3 unspecified atom stereocenters. The highest BCUT2D eigenvalue weighted by molar-refractivity contribution is 5.12. The number of aliphatic hydroxyl groups is 1. The molecule has 0 saturated heterocycles. The van der Waals surface area contributed by atoms with Crippen molar-refractivity contribution >= 4 is 0 Å². The van der Waals surface area contributed by atoms with Crippen molar-refractivity contribution in [2.24, 2.45) is 17.3 Å². The van der Waals surface area contributed by atoms with Gasteiger partial charge in [-0.05, 0) is 38.0 Å². The molecule has 2 aliphatic rings. The van der Waals surface area contributed by atoms with Crippen LogP contribution < -0.4 is 0 Å². The smallest absolute Gasteiger partial charge is 0.0860 e. The zero-order chi connectivity index (χ0) is 13.2. The van der Waals surface area contributed by atoms with Crippen LogP contribution >= 0.6 is 0 Å². The Hall–Kier alpha value is -0.550. The molecule has 0 aromatic heterocycles. The average molecular weight is 249 g/mol. The van der Waals surface area contributed by atoms with Crippen LogP contribution in [0.15, 0.2) is 0 Å². The Morgan fingerprint density at radius 2 is 1.94 bits per heavy atom. The predicted octanol–water partition coefficient (Wildman–Crippen LogP) is 4.04. The molecule has 3 atom stereocenters. The molecule has 18 heavy (non-hydrogen) atoms. The summed E-state index contributed by atoms with van der Waals surface area (Å²) in [5, 5.41) is 20.6. The van der Waals surface area contributed by atoms with Crippen molar-refractivity contribution in [3.8, 4) is 6.07 Å². The van der Waals surface area contributed by atoms with Gasteiger partial charge in [-0.2, -0.15) is 5.26 Å². The van der Waals surface area contributed by atoms with Gasteiger partial charge in [-0.1, -0.05) is 45.4 Å². The first-order chi connectivity index (χ1) is 8.53. The van der Waals surface area contributed by atoms with Crippen LogP contribution in [0.2, 0.25) is 0 Å². The molecule has 2 saturated carbocycles. The fourth-order valence-corrected chi connectivity index (χ4v) is 3.90. The van der Waals surface area contributed by atoms with Gasteiger partial charge in [0.2, 0.25) is 0 Å². The Kier molecular flexibility index (Phi) is 4.02. The highest BCUT2D eigenvalue weighted by atomic mass is 16.3. The lowest BCUT2D eigenvalue weighted by atomic mass is 9.58. The Labute approximate surface area is 111 Å². The van der Waals surface area contributed by atoms with Crippen LogP contribution in [0.1, 0.15) is 71.6 Å². The molecule has 2 nitrogen and oxygen atoms in total. The van der Waals surface area contributed by atoms with Crippen molar-refractivity contribution in [3.63, 3.8) is 0 Å². The molecule has 1 N–H and O–H groups in total. The van der Waals surface area contributed by atoms with Gasteiger partial charge in [-0.25, -0.2) is 0 Å². The molecule has 102 valence electrons. The lowest BCUT2D eigenvalue weighted by molar-refractivity contribution is -0.0893. The Balaban J connectivity index is 2.11. The van der Waals surface area contributed by atoms with Crippen molar-refractivity contribution < 1.29 is 5.11 Å².